The molecule has 0 amide bonds. The molecule has 0 radical (unpaired) electrons. The van der Waals surface area contributed by atoms with Gasteiger partial charge >= 0.3 is 0 Å². The Labute approximate surface area is 122 Å². The SMILES string of the molecule is Cc1ccccc1OCc1nc(C2CC2)c(CC#N)s1. The Hall–Kier alpha value is -1.86. The first-order chi connectivity index (χ1) is 9.78. The minimum atomic E-state index is 0.466. The highest BCUT2D eigenvalue weighted by Gasteiger charge is 2.29. The molecule has 1 aromatic heterocycles. The molecule has 3 nitrogen and oxygen atoms in total. The summed E-state index contributed by atoms with van der Waals surface area (Å²) in [7, 11) is 0. The number of nitrogens with zero attached hydrogens (tertiary/aromatic N) is 2. The van der Waals surface area contributed by atoms with Gasteiger partial charge in [0.2, 0.25) is 0 Å². The standard InChI is InChI=1S/C16H16N2OS/c1-11-4-2-3-5-13(11)19-10-15-18-16(12-6-7-12)14(20-15)8-9-17/h2-5,12H,6-8,10H2,1H3. The van der Waals surface area contributed by atoms with E-state index in [9.17, 15) is 0 Å². The summed E-state index contributed by atoms with van der Waals surface area (Å²) in [5.41, 5.74) is 2.27. The minimum absolute atomic E-state index is 0.466. The molecule has 20 heavy (non-hydrogen) atoms. The zero-order valence-electron chi connectivity index (χ0n) is 11.4. The second-order valence-electron chi connectivity index (χ2n) is 5.08. The maximum Gasteiger partial charge on any atom is 0.140 e. The van der Waals surface area contributed by atoms with Crippen LogP contribution in [0.5, 0.6) is 5.75 Å². The number of hydrogen-bond acceptors (Lipinski definition) is 4. The fourth-order valence-corrected chi connectivity index (χ4v) is 3.21. The third kappa shape index (κ3) is 2.83. The third-order valence-corrected chi connectivity index (χ3v) is 4.46. The number of ether oxygens (including phenoxy) is 1. The molecule has 0 aliphatic heterocycles. The van der Waals surface area contributed by atoms with E-state index in [4.69, 9.17) is 10.00 Å². The fourth-order valence-electron chi connectivity index (χ4n) is 2.21. The molecule has 0 N–H and O–H groups in total. The highest BCUT2D eigenvalue weighted by Crippen LogP contribution is 2.42. The quantitative estimate of drug-likeness (QED) is 0.834. The molecule has 0 bridgehead atoms. The third-order valence-electron chi connectivity index (χ3n) is 3.42. The lowest BCUT2D eigenvalue weighted by atomic mass is 10.2. The molecule has 1 aliphatic rings. The largest absolute Gasteiger partial charge is 0.486 e. The van der Waals surface area contributed by atoms with Crippen molar-refractivity contribution >= 4 is 11.3 Å². The maximum absolute atomic E-state index is 8.90. The van der Waals surface area contributed by atoms with Crippen LogP contribution in [-0.4, -0.2) is 4.98 Å². The van der Waals surface area contributed by atoms with Crippen LogP contribution in [0.3, 0.4) is 0 Å². The maximum atomic E-state index is 8.90. The summed E-state index contributed by atoms with van der Waals surface area (Å²) in [4.78, 5) is 5.80. The molecule has 1 aliphatic carbocycles. The number of para-hydroxylation sites is 1. The summed E-state index contributed by atoms with van der Waals surface area (Å²) < 4.78 is 5.83. The molecule has 1 fully saturated rings. The van der Waals surface area contributed by atoms with Gasteiger partial charge in [-0.15, -0.1) is 11.3 Å². The Morgan fingerprint density at radius 2 is 2.20 bits per heavy atom. The highest BCUT2D eigenvalue weighted by molar-refractivity contribution is 7.11. The van der Waals surface area contributed by atoms with Gasteiger partial charge in [-0.05, 0) is 31.4 Å². The molecule has 0 saturated heterocycles. The van der Waals surface area contributed by atoms with Gasteiger partial charge in [-0.2, -0.15) is 5.26 Å². The number of hydrogen-bond donors (Lipinski definition) is 0. The summed E-state index contributed by atoms with van der Waals surface area (Å²) in [6, 6.07) is 10.2. The van der Waals surface area contributed by atoms with Gasteiger partial charge in [0.1, 0.15) is 17.4 Å². The zero-order chi connectivity index (χ0) is 13.9. The van der Waals surface area contributed by atoms with Crippen molar-refractivity contribution in [3.63, 3.8) is 0 Å². The van der Waals surface area contributed by atoms with E-state index in [0.29, 0.717) is 18.9 Å². The summed E-state index contributed by atoms with van der Waals surface area (Å²) in [5, 5.41) is 9.87. The molecule has 0 spiro atoms. The zero-order valence-corrected chi connectivity index (χ0v) is 12.2. The molecule has 4 heteroatoms. The summed E-state index contributed by atoms with van der Waals surface area (Å²) in [5.74, 6) is 1.49. The van der Waals surface area contributed by atoms with Gasteiger partial charge < -0.3 is 4.74 Å². The smallest absolute Gasteiger partial charge is 0.140 e. The number of thiazole rings is 1. The molecule has 0 unspecified atom stereocenters. The van der Waals surface area contributed by atoms with E-state index in [1.165, 1.54) is 12.8 Å². The van der Waals surface area contributed by atoms with Crippen LogP contribution in [0.2, 0.25) is 0 Å². The number of benzene rings is 1. The lowest BCUT2D eigenvalue weighted by Crippen LogP contribution is -1.96. The molecule has 1 aromatic carbocycles. The number of nitriles is 1. The summed E-state index contributed by atoms with van der Waals surface area (Å²) in [6.45, 7) is 2.52. The fraction of sp³-hybridized carbons (Fsp3) is 0.375. The predicted molar refractivity (Wildman–Crippen MR) is 78.9 cm³/mol. The van der Waals surface area contributed by atoms with Gasteiger partial charge in [-0.25, -0.2) is 4.98 Å². The Bertz CT molecular complexity index is 653. The molecule has 3 rings (SSSR count). The Morgan fingerprint density at radius 3 is 2.90 bits per heavy atom. The summed E-state index contributed by atoms with van der Waals surface area (Å²) >= 11 is 1.62. The van der Waals surface area contributed by atoms with E-state index in [1.54, 1.807) is 11.3 Å². The van der Waals surface area contributed by atoms with Crippen molar-refractivity contribution in [1.29, 1.82) is 5.26 Å². The van der Waals surface area contributed by atoms with Gasteiger partial charge in [0.05, 0.1) is 18.2 Å². The molecular formula is C16H16N2OS. The van der Waals surface area contributed by atoms with Crippen LogP contribution >= 0.6 is 11.3 Å². The lowest BCUT2D eigenvalue weighted by molar-refractivity contribution is 0.303. The molecule has 102 valence electrons. The Morgan fingerprint density at radius 1 is 1.40 bits per heavy atom. The van der Waals surface area contributed by atoms with Crippen molar-refractivity contribution < 1.29 is 4.74 Å². The van der Waals surface area contributed by atoms with Crippen LogP contribution in [0.1, 0.15) is 39.9 Å². The first kappa shape index (κ1) is 13.1. The van der Waals surface area contributed by atoms with Crippen LogP contribution in [0, 0.1) is 18.3 Å². The lowest BCUT2D eigenvalue weighted by Gasteiger charge is -2.06. The molecule has 1 saturated carbocycles. The van der Waals surface area contributed by atoms with Gasteiger partial charge in [-0.1, -0.05) is 18.2 Å². The van der Waals surface area contributed by atoms with Crippen molar-refractivity contribution in [3.05, 3.63) is 45.4 Å². The van der Waals surface area contributed by atoms with Gasteiger partial charge in [-0.3, -0.25) is 0 Å². The van der Waals surface area contributed by atoms with Gasteiger partial charge in [0, 0.05) is 10.8 Å². The first-order valence-corrected chi connectivity index (χ1v) is 7.63. The van der Waals surface area contributed by atoms with Crippen molar-refractivity contribution in [2.45, 2.75) is 38.7 Å². The van der Waals surface area contributed by atoms with Gasteiger partial charge in [0.25, 0.3) is 0 Å². The average Bonchev–Trinajstić information content (AvgIpc) is 3.21. The van der Waals surface area contributed by atoms with Crippen LogP contribution in [0.4, 0.5) is 0 Å². The Balaban J connectivity index is 1.73. The van der Waals surface area contributed by atoms with Crippen molar-refractivity contribution in [2.75, 3.05) is 0 Å². The number of rotatable bonds is 5. The van der Waals surface area contributed by atoms with E-state index in [0.717, 1.165) is 26.9 Å². The van der Waals surface area contributed by atoms with Crippen molar-refractivity contribution in [2.24, 2.45) is 0 Å². The van der Waals surface area contributed by atoms with Crippen LogP contribution in [0.25, 0.3) is 0 Å². The predicted octanol–water partition coefficient (Wildman–Crippen LogP) is 3.97. The van der Waals surface area contributed by atoms with E-state index in [-0.39, 0.29) is 0 Å². The normalized spacial score (nSPS) is 14.0. The van der Waals surface area contributed by atoms with Crippen LogP contribution in [0.15, 0.2) is 24.3 Å². The highest BCUT2D eigenvalue weighted by atomic mass is 32.1. The Kier molecular flexibility index (Phi) is 3.70. The molecule has 2 aromatic rings. The van der Waals surface area contributed by atoms with Crippen LogP contribution in [-0.2, 0) is 13.0 Å². The van der Waals surface area contributed by atoms with E-state index < -0.39 is 0 Å². The first-order valence-electron chi connectivity index (χ1n) is 6.82. The van der Waals surface area contributed by atoms with E-state index in [2.05, 4.69) is 11.1 Å². The molecular weight excluding hydrogens is 268 g/mol. The second-order valence-corrected chi connectivity index (χ2v) is 6.25. The number of aromatic nitrogens is 1. The number of aryl methyl sites for hydroxylation is 1. The van der Waals surface area contributed by atoms with Gasteiger partial charge in [0.15, 0.2) is 0 Å². The van der Waals surface area contributed by atoms with Crippen LogP contribution < -0.4 is 4.74 Å². The summed E-state index contributed by atoms with van der Waals surface area (Å²) in [6.07, 6.45) is 2.88. The van der Waals surface area contributed by atoms with Crippen molar-refractivity contribution in [1.82, 2.24) is 4.98 Å². The van der Waals surface area contributed by atoms with Crippen molar-refractivity contribution in [3.8, 4) is 11.8 Å². The molecule has 1 heterocycles. The second kappa shape index (κ2) is 5.64. The monoisotopic (exact) mass is 284 g/mol. The average molecular weight is 284 g/mol. The van der Waals surface area contributed by atoms with E-state index in [1.807, 2.05) is 31.2 Å². The molecule has 0 atom stereocenters. The van der Waals surface area contributed by atoms with E-state index >= 15 is 0 Å². The topological polar surface area (TPSA) is 45.9 Å². The minimum Gasteiger partial charge on any atom is -0.486 e.